The van der Waals surface area contributed by atoms with Crippen molar-refractivity contribution in [2.24, 2.45) is 7.05 Å². The summed E-state index contributed by atoms with van der Waals surface area (Å²) in [5.74, 6) is 0.731. The second kappa shape index (κ2) is 4.80. The van der Waals surface area contributed by atoms with Gasteiger partial charge in [-0.05, 0) is 13.3 Å². The van der Waals surface area contributed by atoms with Crippen molar-refractivity contribution in [2.45, 2.75) is 34.1 Å². The lowest BCUT2D eigenvalue weighted by Crippen LogP contribution is -2.13. The molecule has 0 spiro atoms. The molecule has 1 rings (SSSR count). The van der Waals surface area contributed by atoms with Gasteiger partial charge in [-0.25, -0.2) is 0 Å². The highest BCUT2D eigenvalue weighted by Crippen LogP contribution is 2.01. The zero-order chi connectivity index (χ0) is 9.72. The first kappa shape index (κ1) is 11.0. The lowest BCUT2D eigenvalue weighted by atomic mass is 10.2. The van der Waals surface area contributed by atoms with Crippen LogP contribution in [0.5, 0.6) is 0 Å². The minimum atomic E-state index is -0.0139. The van der Waals surface area contributed by atoms with Crippen LogP contribution in [0.3, 0.4) is 0 Å². The Labute approximate surface area is 73.0 Å². The van der Waals surface area contributed by atoms with Crippen molar-refractivity contribution in [3.63, 3.8) is 0 Å². The molecule has 0 saturated heterocycles. The van der Waals surface area contributed by atoms with Gasteiger partial charge in [-0.15, -0.1) is 0 Å². The van der Waals surface area contributed by atoms with Crippen molar-refractivity contribution in [2.75, 3.05) is 0 Å². The first-order valence-corrected chi connectivity index (χ1v) is 4.32. The van der Waals surface area contributed by atoms with E-state index in [1.165, 1.54) is 4.74 Å². The maximum atomic E-state index is 11.1. The molecule has 0 aliphatic rings. The molecule has 0 unspecified atom stereocenters. The number of hydrogen-bond donors (Lipinski definition) is 0. The summed E-state index contributed by atoms with van der Waals surface area (Å²) in [6.45, 7) is 7.75. The largest absolute Gasteiger partial charge is 0.381 e. The van der Waals surface area contributed by atoms with E-state index in [0.717, 1.165) is 17.7 Å². The molecule has 0 radical (unpaired) electrons. The maximum absolute atomic E-state index is 11.1. The zero-order valence-electron chi connectivity index (χ0n) is 8.47. The minimum absolute atomic E-state index is 0.0139. The van der Waals surface area contributed by atoms with Crippen LogP contribution in [0.1, 0.15) is 32.1 Å². The van der Waals surface area contributed by atoms with Crippen molar-refractivity contribution < 1.29 is 4.52 Å². The van der Waals surface area contributed by atoms with Crippen LogP contribution in [0, 0.1) is 6.92 Å². The molecular formula is C9H17NO2. The molecule has 3 nitrogen and oxygen atoms in total. The van der Waals surface area contributed by atoms with Crippen molar-refractivity contribution >= 4 is 0 Å². The first-order valence-electron chi connectivity index (χ1n) is 4.32. The summed E-state index contributed by atoms with van der Waals surface area (Å²) in [5.41, 5.74) is 0.766. The Bertz CT molecular complexity index is 283. The van der Waals surface area contributed by atoms with Gasteiger partial charge in [0.05, 0.1) is 5.56 Å². The summed E-state index contributed by atoms with van der Waals surface area (Å²) in [7, 11) is 1.62. The third-order valence-electron chi connectivity index (χ3n) is 1.60. The first-order chi connectivity index (χ1) is 5.66. The quantitative estimate of drug-likeness (QED) is 0.646. The Kier molecular flexibility index (Phi) is 4.40. The monoisotopic (exact) mass is 171 g/mol. The van der Waals surface area contributed by atoms with E-state index >= 15 is 0 Å². The van der Waals surface area contributed by atoms with Crippen LogP contribution in [-0.4, -0.2) is 4.74 Å². The summed E-state index contributed by atoms with van der Waals surface area (Å²) >= 11 is 0. The van der Waals surface area contributed by atoms with Gasteiger partial charge in [0.15, 0.2) is 0 Å². The minimum Gasteiger partial charge on any atom is -0.381 e. The van der Waals surface area contributed by atoms with Crippen LogP contribution in [0.4, 0.5) is 0 Å². The molecule has 0 N–H and O–H groups in total. The number of aryl methyl sites for hydroxylation is 2. The molecule has 0 aliphatic carbocycles. The summed E-state index contributed by atoms with van der Waals surface area (Å²) < 4.78 is 6.30. The van der Waals surface area contributed by atoms with Crippen LogP contribution in [0.25, 0.3) is 0 Å². The van der Waals surface area contributed by atoms with E-state index in [1.54, 1.807) is 14.0 Å². The van der Waals surface area contributed by atoms with Crippen LogP contribution >= 0.6 is 0 Å². The Balaban J connectivity index is 0.000000561. The molecule has 0 amide bonds. The van der Waals surface area contributed by atoms with E-state index in [2.05, 4.69) is 0 Å². The van der Waals surface area contributed by atoms with Gasteiger partial charge in [0.2, 0.25) is 0 Å². The molecule has 0 aliphatic heterocycles. The Morgan fingerprint density at radius 3 is 2.08 bits per heavy atom. The molecule has 1 aromatic heterocycles. The van der Waals surface area contributed by atoms with Crippen LogP contribution in [0.2, 0.25) is 0 Å². The second-order valence-corrected chi connectivity index (χ2v) is 2.28. The summed E-state index contributed by atoms with van der Waals surface area (Å²) in [5, 5.41) is 0. The molecule has 70 valence electrons. The molecule has 0 bridgehead atoms. The molecule has 0 aromatic carbocycles. The van der Waals surface area contributed by atoms with Gasteiger partial charge >= 0.3 is 0 Å². The molecule has 0 fully saturated rings. The van der Waals surface area contributed by atoms with Gasteiger partial charge < -0.3 is 4.52 Å². The fourth-order valence-corrected chi connectivity index (χ4v) is 1.04. The molecular weight excluding hydrogens is 154 g/mol. The molecule has 12 heavy (non-hydrogen) atoms. The van der Waals surface area contributed by atoms with E-state index in [9.17, 15) is 4.79 Å². The summed E-state index contributed by atoms with van der Waals surface area (Å²) in [6.07, 6.45) is 0.745. The topological polar surface area (TPSA) is 35.1 Å². The second-order valence-electron chi connectivity index (χ2n) is 2.28. The van der Waals surface area contributed by atoms with Gasteiger partial charge in [0.1, 0.15) is 5.76 Å². The number of hydrogen-bond acceptors (Lipinski definition) is 2. The highest BCUT2D eigenvalue weighted by molar-refractivity contribution is 5.11. The van der Waals surface area contributed by atoms with Crippen LogP contribution < -0.4 is 5.56 Å². The van der Waals surface area contributed by atoms with Crippen LogP contribution in [-0.2, 0) is 13.5 Å². The Morgan fingerprint density at radius 1 is 1.42 bits per heavy atom. The predicted molar refractivity (Wildman–Crippen MR) is 49.4 cm³/mol. The fourth-order valence-electron chi connectivity index (χ4n) is 1.04. The standard InChI is InChI=1S/C7H11NO2.C2H6/c1-4-6-5(2)10-8(3)7(6)9;1-2/h4H2,1-3H3;1-2H3. The highest BCUT2D eigenvalue weighted by Gasteiger charge is 2.07. The third kappa shape index (κ3) is 2.00. The van der Waals surface area contributed by atoms with Crippen molar-refractivity contribution in [1.82, 2.24) is 4.74 Å². The van der Waals surface area contributed by atoms with E-state index in [1.807, 2.05) is 20.8 Å². The van der Waals surface area contributed by atoms with Gasteiger partial charge in [-0.2, -0.15) is 4.74 Å². The lowest BCUT2D eigenvalue weighted by Gasteiger charge is -1.83. The van der Waals surface area contributed by atoms with Crippen LogP contribution in [0.15, 0.2) is 9.32 Å². The van der Waals surface area contributed by atoms with E-state index in [0.29, 0.717) is 0 Å². The third-order valence-corrected chi connectivity index (χ3v) is 1.60. The average molecular weight is 171 g/mol. The molecule has 0 atom stereocenters. The smallest absolute Gasteiger partial charge is 0.285 e. The zero-order valence-corrected chi connectivity index (χ0v) is 8.47. The van der Waals surface area contributed by atoms with Gasteiger partial charge in [0, 0.05) is 7.05 Å². The Morgan fingerprint density at radius 2 is 1.92 bits per heavy atom. The van der Waals surface area contributed by atoms with Crippen molar-refractivity contribution in [3.8, 4) is 0 Å². The van der Waals surface area contributed by atoms with Crippen molar-refractivity contribution in [3.05, 3.63) is 21.7 Å². The predicted octanol–water partition coefficient (Wildman–Crippen LogP) is 1.88. The van der Waals surface area contributed by atoms with E-state index in [4.69, 9.17) is 4.52 Å². The molecule has 3 heteroatoms. The molecule has 0 saturated carbocycles. The summed E-state index contributed by atoms with van der Waals surface area (Å²) in [6, 6.07) is 0. The maximum Gasteiger partial charge on any atom is 0.285 e. The average Bonchev–Trinajstić information content (AvgIpc) is 2.31. The molecule has 1 aromatic rings. The SMILES string of the molecule is CC.CCc1c(C)on(C)c1=O. The van der Waals surface area contributed by atoms with E-state index in [-0.39, 0.29) is 5.56 Å². The van der Waals surface area contributed by atoms with Gasteiger partial charge in [-0.1, -0.05) is 20.8 Å². The lowest BCUT2D eigenvalue weighted by molar-refractivity contribution is 0.283. The van der Waals surface area contributed by atoms with Gasteiger partial charge in [0.25, 0.3) is 5.56 Å². The number of rotatable bonds is 1. The normalized spacial score (nSPS) is 9.08. The van der Waals surface area contributed by atoms with Crippen molar-refractivity contribution in [1.29, 1.82) is 0 Å². The van der Waals surface area contributed by atoms with E-state index < -0.39 is 0 Å². The number of nitrogens with zero attached hydrogens (tertiary/aromatic N) is 1. The fraction of sp³-hybridized carbons (Fsp3) is 0.667. The number of aromatic nitrogens is 1. The molecule has 1 heterocycles. The Hall–Kier alpha value is -0.990. The summed E-state index contributed by atoms with van der Waals surface area (Å²) in [4.78, 5) is 11.1. The highest BCUT2D eigenvalue weighted by atomic mass is 16.5. The van der Waals surface area contributed by atoms with Gasteiger partial charge in [-0.3, -0.25) is 4.79 Å².